The predicted molar refractivity (Wildman–Crippen MR) is 146 cm³/mol. The lowest BCUT2D eigenvalue weighted by atomic mass is 9.95. The van der Waals surface area contributed by atoms with Crippen LogP contribution in [0.1, 0.15) is 59.9 Å². The number of nitrogens with one attached hydrogen (secondary N) is 1. The Morgan fingerprint density at radius 2 is 1.89 bits per heavy atom. The number of carbonyl (C=O) groups is 1. The van der Waals surface area contributed by atoms with Crippen molar-refractivity contribution in [2.24, 2.45) is 5.92 Å². The maximum Gasteiger partial charge on any atom is 0.273 e. The minimum absolute atomic E-state index is 0.0438. The summed E-state index contributed by atoms with van der Waals surface area (Å²) in [5.74, 6) is 1.88. The van der Waals surface area contributed by atoms with Gasteiger partial charge in [0.1, 0.15) is 5.69 Å². The Morgan fingerprint density at radius 1 is 1.08 bits per heavy atom. The molecule has 1 N–H and O–H groups in total. The first-order valence-electron chi connectivity index (χ1n) is 13.2. The van der Waals surface area contributed by atoms with Crippen LogP contribution >= 0.6 is 0 Å². The fraction of sp³-hybridized carbons (Fsp3) is 0.367. The average molecular weight is 514 g/mol. The van der Waals surface area contributed by atoms with E-state index in [2.05, 4.69) is 60.2 Å². The number of hydrogen-bond acceptors (Lipinski definition) is 5. The highest BCUT2D eigenvalue weighted by atomic mass is 16.5. The van der Waals surface area contributed by atoms with E-state index in [1.165, 1.54) is 5.56 Å². The molecule has 2 aromatic carbocycles. The minimum Gasteiger partial charge on any atom is -0.493 e. The third kappa shape index (κ3) is 5.16. The number of imidazole rings is 1. The molecular formula is C30H35N5O3. The molecule has 0 saturated carbocycles. The van der Waals surface area contributed by atoms with E-state index in [-0.39, 0.29) is 11.9 Å². The van der Waals surface area contributed by atoms with E-state index in [9.17, 15) is 4.79 Å². The molecule has 1 atom stereocenters. The van der Waals surface area contributed by atoms with Crippen molar-refractivity contribution in [2.75, 3.05) is 20.3 Å². The normalized spacial score (nSPS) is 14.8. The first kappa shape index (κ1) is 25.6. The van der Waals surface area contributed by atoms with Gasteiger partial charge in [0.25, 0.3) is 5.91 Å². The zero-order valence-electron chi connectivity index (χ0n) is 22.5. The van der Waals surface area contributed by atoms with Gasteiger partial charge in [-0.25, -0.2) is 4.98 Å². The highest BCUT2D eigenvalue weighted by molar-refractivity contribution is 6.00. The van der Waals surface area contributed by atoms with Crippen LogP contribution in [-0.4, -0.2) is 50.8 Å². The zero-order chi connectivity index (χ0) is 26.6. The lowest BCUT2D eigenvalue weighted by molar-refractivity contribution is 0.0739. The van der Waals surface area contributed by atoms with Crippen LogP contribution < -0.4 is 9.47 Å². The second kappa shape index (κ2) is 11.1. The van der Waals surface area contributed by atoms with Crippen molar-refractivity contribution < 1.29 is 14.3 Å². The van der Waals surface area contributed by atoms with Gasteiger partial charge >= 0.3 is 0 Å². The molecule has 0 spiro atoms. The fourth-order valence-corrected chi connectivity index (χ4v) is 4.93. The minimum atomic E-state index is -0.297. The number of carbonyl (C=O) groups excluding carboxylic acids is 1. The third-order valence-corrected chi connectivity index (χ3v) is 7.02. The molecule has 0 fully saturated rings. The number of nitrogens with zero attached hydrogens (tertiary/aromatic N) is 4. The molecule has 0 aliphatic carbocycles. The number of aryl methyl sites for hydroxylation is 2. The largest absolute Gasteiger partial charge is 0.493 e. The summed E-state index contributed by atoms with van der Waals surface area (Å²) in [4.78, 5) is 19.7. The van der Waals surface area contributed by atoms with Crippen molar-refractivity contribution in [3.8, 4) is 22.8 Å². The van der Waals surface area contributed by atoms with Gasteiger partial charge in [0.2, 0.25) is 0 Å². The van der Waals surface area contributed by atoms with E-state index in [0.29, 0.717) is 36.3 Å². The summed E-state index contributed by atoms with van der Waals surface area (Å²) in [6.07, 6.45) is 7.27. The van der Waals surface area contributed by atoms with Crippen molar-refractivity contribution in [3.63, 3.8) is 0 Å². The molecular weight excluding hydrogens is 478 g/mol. The number of rotatable bonds is 11. The number of ether oxygens (including phenoxy) is 2. The Kier molecular flexibility index (Phi) is 7.49. The number of methoxy groups -OCH3 is 1. The van der Waals surface area contributed by atoms with Crippen LogP contribution in [0.2, 0.25) is 0 Å². The van der Waals surface area contributed by atoms with E-state index < -0.39 is 0 Å². The molecule has 1 unspecified atom stereocenters. The number of fused-ring (bicyclic) bond motifs is 1. The fourth-order valence-electron chi connectivity index (χ4n) is 4.93. The first-order valence-corrected chi connectivity index (χ1v) is 13.2. The SMILES string of the molecule is COc1cc(C2c3c(-c4ccc(C)cc4)n[nH]c3C(=O)N2CCCn2ccnc2)ccc1OCCC(C)C. The molecule has 0 bridgehead atoms. The lowest BCUT2D eigenvalue weighted by Gasteiger charge is -2.27. The second-order valence-corrected chi connectivity index (χ2v) is 10.2. The van der Waals surface area contributed by atoms with E-state index in [4.69, 9.17) is 9.47 Å². The van der Waals surface area contributed by atoms with Crippen LogP contribution in [0.4, 0.5) is 0 Å². The van der Waals surface area contributed by atoms with Gasteiger partial charge in [-0.1, -0.05) is 49.7 Å². The summed E-state index contributed by atoms with van der Waals surface area (Å²) in [5, 5.41) is 7.64. The Hall–Kier alpha value is -4.07. The van der Waals surface area contributed by atoms with Crippen LogP contribution in [0.25, 0.3) is 11.3 Å². The highest BCUT2D eigenvalue weighted by Gasteiger charge is 2.42. The van der Waals surface area contributed by atoms with Gasteiger partial charge in [-0.2, -0.15) is 5.10 Å². The van der Waals surface area contributed by atoms with Gasteiger partial charge in [0.05, 0.1) is 31.8 Å². The van der Waals surface area contributed by atoms with E-state index in [1.54, 1.807) is 19.6 Å². The number of benzene rings is 2. The van der Waals surface area contributed by atoms with Crippen LogP contribution in [0.5, 0.6) is 11.5 Å². The molecule has 0 saturated heterocycles. The Balaban J connectivity index is 1.50. The molecule has 0 radical (unpaired) electrons. The number of aromatic amines is 1. The van der Waals surface area contributed by atoms with E-state index in [1.807, 2.05) is 33.9 Å². The van der Waals surface area contributed by atoms with Crippen LogP contribution in [0.3, 0.4) is 0 Å². The molecule has 2 aromatic heterocycles. The van der Waals surface area contributed by atoms with Gasteiger partial charge < -0.3 is 18.9 Å². The molecule has 4 aromatic rings. The summed E-state index contributed by atoms with van der Waals surface area (Å²) in [7, 11) is 1.65. The number of hydrogen-bond donors (Lipinski definition) is 1. The van der Waals surface area contributed by atoms with Crippen LogP contribution in [-0.2, 0) is 6.54 Å². The summed E-state index contributed by atoms with van der Waals surface area (Å²) in [6, 6.07) is 13.9. The van der Waals surface area contributed by atoms with Crippen molar-refractivity contribution in [1.29, 1.82) is 0 Å². The highest BCUT2D eigenvalue weighted by Crippen LogP contribution is 2.44. The predicted octanol–water partition coefficient (Wildman–Crippen LogP) is 5.65. The average Bonchev–Trinajstić information content (AvgIpc) is 3.64. The van der Waals surface area contributed by atoms with E-state index >= 15 is 0 Å². The second-order valence-electron chi connectivity index (χ2n) is 10.2. The third-order valence-electron chi connectivity index (χ3n) is 7.02. The van der Waals surface area contributed by atoms with Crippen LogP contribution in [0.15, 0.2) is 61.2 Å². The Morgan fingerprint density at radius 3 is 2.61 bits per heavy atom. The summed E-state index contributed by atoms with van der Waals surface area (Å²) in [6.45, 7) is 8.40. The zero-order valence-corrected chi connectivity index (χ0v) is 22.5. The van der Waals surface area contributed by atoms with Crippen molar-refractivity contribution in [1.82, 2.24) is 24.6 Å². The smallest absolute Gasteiger partial charge is 0.273 e. The molecule has 8 heteroatoms. The summed E-state index contributed by atoms with van der Waals surface area (Å²) >= 11 is 0. The molecule has 1 aliphatic heterocycles. The number of aromatic nitrogens is 4. The van der Waals surface area contributed by atoms with Gasteiger partial charge in [0, 0.05) is 36.6 Å². The van der Waals surface area contributed by atoms with Gasteiger partial charge in [0.15, 0.2) is 11.5 Å². The summed E-state index contributed by atoms with van der Waals surface area (Å²) < 4.78 is 13.8. The maximum absolute atomic E-state index is 13.7. The monoisotopic (exact) mass is 513 g/mol. The maximum atomic E-state index is 13.7. The molecule has 5 rings (SSSR count). The van der Waals surface area contributed by atoms with Gasteiger partial charge in [-0.15, -0.1) is 0 Å². The first-order chi connectivity index (χ1) is 18.5. The summed E-state index contributed by atoms with van der Waals surface area (Å²) in [5.41, 5.74) is 5.36. The van der Waals surface area contributed by atoms with Crippen molar-refractivity contribution in [2.45, 2.75) is 46.2 Å². The number of H-pyrrole nitrogens is 1. The Labute approximate surface area is 223 Å². The molecule has 1 amide bonds. The van der Waals surface area contributed by atoms with Crippen molar-refractivity contribution >= 4 is 5.91 Å². The molecule has 3 heterocycles. The van der Waals surface area contributed by atoms with E-state index in [0.717, 1.165) is 41.8 Å². The van der Waals surface area contributed by atoms with Gasteiger partial charge in [-0.05, 0) is 43.4 Å². The molecule has 8 nitrogen and oxygen atoms in total. The molecule has 198 valence electrons. The number of amides is 1. The van der Waals surface area contributed by atoms with Crippen molar-refractivity contribution in [3.05, 3.63) is 83.6 Å². The van der Waals surface area contributed by atoms with Crippen LogP contribution in [0, 0.1) is 12.8 Å². The molecule has 38 heavy (non-hydrogen) atoms. The quantitative estimate of drug-likeness (QED) is 0.280. The topological polar surface area (TPSA) is 85.3 Å². The standard InChI is InChI=1S/C30H35N5O3/c1-20(2)12-17-38-24-11-10-23(18-25(24)37-4)29-26-27(22-8-6-21(3)7-9-22)32-33-28(26)30(36)35(29)15-5-14-34-16-13-31-19-34/h6-11,13,16,18-20,29H,5,12,14-15,17H2,1-4H3,(H,32,33). The molecule has 1 aliphatic rings. The lowest BCUT2D eigenvalue weighted by Crippen LogP contribution is -2.31. The van der Waals surface area contributed by atoms with Gasteiger partial charge in [-0.3, -0.25) is 9.89 Å². The Bertz CT molecular complexity index is 1380.